The standard InChI is InChI=1S/C15H21NO4/c1-2-3-11-4-6-12(7-5-11)15(20)13(10-14(18)19)16-8-9-17/h4-7,13,16-17H,2-3,8-10H2,1H3,(H,18,19). The first-order valence-corrected chi connectivity index (χ1v) is 6.77. The molecule has 5 nitrogen and oxygen atoms in total. The molecule has 1 rings (SSSR count). The second-order valence-corrected chi connectivity index (χ2v) is 4.64. The van der Waals surface area contributed by atoms with Crippen LogP contribution in [0, 0.1) is 0 Å². The molecule has 3 N–H and O–H groups in total. The average Bonchev–Trinajstić information content (AvgIpc) is 2.43. The number of benzene rings is 1. The molecule has 0 spiro atoms. The van der Waals surface area contributed by atoms with Gasteiger partial charge in [0.15, 0.2) is 5.78 Å². The molecule has 20 heavy (non-hydrogen) atoms. The Labute approximate surface area is 118 Å². The zero-order valence-corrected chi connectivity index (χ0v) is 11.6. The van der Waals surface area contributed by atoms with Gasteiger partial charge in [0, 0.05) is 12.1 Å². The molecule has 0 aliphatic carbocycles. The molecule has 1 unspecified atom stereocenters. The Kier molecular flexibility index (Phi) is 6.90. The summed E-state index contributed by atoms with van der Waals surface area (Å²) >= 11 is 0. The van der Waals surface area contributed by atoms with E-state index in [1.807, 2.05) is 12.1 Å². The number of carboxylic acids is 1. The molecule has 1 atom stereocenters. The molecular weight excluding hydrogens is 258 g/mol. The van der Waals surface area contributed by atoms with Crippen LogP contribution in [0.15, 0.2) is 24.3 Å². The number of carbonyl (C=O) groups excluding carboxylic acids is 1. The largest absolute Gasteiger partial charge is 0.481 e. The quantitative estimate of drug-likeness (QED) is 0.592. The fourth-order valence-corrected chi connectivity index (χ4v) is 2.00. The molecule has 0 aliphatic rings. The SMILES string of the molecule is CCCc1ccc(C(=O)C(CC(=O)O)NCCO)cc1. The van der Waals surface area contributed by atoms with Crippen LogP contribution in [0.25, 0.3) is 0 Å². The molecule has 0 saturated carbocycles. The Balaban J connectivity index is 2.78. The maximum atomic E-state index is 12.2. The molecule has 5 heteroatoms. The van der Waals surface area contributed by atoms with E-state index >= 15 is 0 Å². The number of Topliss-reactive ketones (excluding diaryl/α,β-unsaturated/α-hetero) is 1. The number of aryl methyl sites for hydroxylation is 1. The van der Waals surface area contributed by atoms with Gasteiger partial charge in [-0.05, 0) is 12.0 Å². The monoisotopic (exact) mass is 279 g/mol. The van der Waals surface area contributed by atoms with Crippen LogP contribution >= 0.6 is 0 Å². The Morgan fingerprint density at radius 2 is 1.90 bits per heavy atom. The van der Waals surface area contributed by atoms with Gasteiger partial charge >= 0.3 is 5.97 Å². The van der Waals surface area contributed by atoms with Crippen molar-refractivity contribution in [3.05, 3.63) is 35.4 Å². The molecule has 1 aromatic carbocycles. The van der Waals surface area contributed by atoms with E-state index in [0.29, 0.717) is 5.56 Å². The lowest BCUT2D eigenvalue weighted by Crippen LogP contribution is -2.40. The van der Waals surface area contributed by atoms with Gasteiger partial charge in [0.25, 0.3) is 0 Å². The van der Waals surface area contributed by atoms with E-state index in [1.54, 1.807) is 12.1 Å². The molecule has 0 aliphatic heterocycles. The molecule has 0 fully saturated rings. The van der Waals surface area contributed by atoms with Crippen LogP contribution in [-0.2, 0) is 11.2 Å². The van der Waals surface area contributed by atoms with Crippen LogP contribution in [0.4, 0.5) is 0 Å². The lowest BCUT2D eigenvalue weighted by Gasteiger charge is -2.15. The molecule has 1 aromatic rings. The minimum absolute atomic E-state index is 0.140. The summed E-state index contributed by atoms with van der Waals surface area (Å²) in [5, 5.41) is 20.4. The fraction of sp³-hybridized carbons (Fsp3) is 0.467. The first-order valence-electron chi connectivity index (χ1n) is 6.77. The van der Waals surface area contributed by atoms with Crippen molar-refractivity contribution in [2.45, 2.75) is 32.2 Å². The van der Waals surface area contributed by atoms with Crippen molar-refractivity contribution in [3.63, 3.8) is 0 Å². The van der Waals surface area contributed by atoms with E-state index in [9.17, 15) is 9.59 Å². The van der Waals surface area contributed by atoms with Crippen molar-refractivity contribution >= 4 is 11.8 Å². The number of ketones is 1. The van der Waals surface area contributed by atoms with Crippen LogP contribution in [0.2, 0.25) is 0 Å². The molecular formula is C15H21NO4. The zero-order valence-electron chi connectivity index (χ0n) is 11.6. The Hall–Kier alpha value is -1.72. The minimum atomic E-state index is -1.05. The van der Waals surface area contributed by atoms with Crippen molar-refractivity contribution in [2.75, 3.05) is 13.2 Å². The van der Waals surface area contributed by atoms with Gasteiger partial charge in [-0.2, -0.15) is 0 Å². The van der Waals surface area contributed by atoms with Gasteiger partial charge in [0.05, 0.1) is 19.1 Å². The highest BCUT2D eigenvalue weighted by Gasteiger charge is 2.22. The molecule has 0 amide bonds. The molecule has 0 saturated heterocycles. The van der Waals surface area contributed by atoms with Gasteiger partial charge in [-0.15, -0.1) is 0 Å². The third-order valence-corrected chi connectivity index (χ3v) is 2.97. The molecule has 0 heterocycles. The van der Waals surface area contributed by atoms with E-state index < -0.39 is 12.0 Å². The average molecular weight is 279 g/mol. The summed E-state index contributed by atoms with van der Waals surface area (Å²) in [5.74, 6) is -1.31. The third kappa shape index (κ3) is 5.11. The lowest BCUT2D eigenvalue weighted by atomic mass is 9.99. The second-order valence-electron chi connectivity index (χ2n) is 4.64. The van der Waals surface area contributed by atoms with Crippen molar-refractivity contribution in [1.29, 1.82) is 0 Å². The first kappa shape index (κ1) is 16.3. The van der Waals surface area contributed by atoms with Gasteiger partial charge in [0.1, 0.15) is 0 Å². The van der Waals surface area contributed by atoms with E-state index in [4.69, 9.17) is 10.2 Å². The van der Waals surface area contributed by atoms with Crippen LogP contribution in [0.1, 0.15) is 35.7 Å². The predicted octanol–water partition coefficient (Wildman–Crippen LogP) is 1.25. The number of nitrogens with one attached hydrogen (secondary N) is 1. The summed E-state index contributed by atoms with van der Waals surface area (Å²) in [5.41, 5.74) is 1.64. The Morgan fingerprint density at radius 3 is 2.40 bits per heavy atom. The number of rotatable bonds is 9. The van der Waals surface area contributed by atoms with E-state index in [1.165, 1.54) is 0 Å². The Morgan fingerprint density at radius 1 is 1.25 bits per heavy atom. The lowest BCUT2D eigenvalue weighted by molar-refractivity contribution is -0.137. The predicted molar refractivity (Wildman–Crippen MR) is 75.9 cm³/mol. The number of carboxylic acid groups (broad SMARTS) is 1. The third-order valence-electron chi connectivity index (χ3n) is 2.97. The van der Waals surface area contributed by atoms with Crippen molar-refractivity contribution in [1.82, 2.24) is 5.32 Å². The first-order chi connectivity index (χ1) is 9.58. The summed E-state index contributed by atoms with van der Waals surface area (Å²) in [6, 6.07) is 6.42. The van der Waals surface area contributed by atoms with Crippen molar-refractivity contribution in [3.8, 4) is 0 Å². The normalized spacial score (nSPS) is 12.1. The van der Waals surface area contributed by atoms with E-state index in [0.717, 1.165) is 18.4 Å². The summed E-state index contributed by atoms with van der Waals surface area (Å²) in [7, 11) is 0. The summed E-state index contributed by atoms with van der Waals surface area (Å²) < 4.78 is 0. The number of aliphatic carboxylic acids is 1. The van der Waals surface area contributed by atoms with Gasteiger partial charge in [-0.25, -0.2) is 0 Å². The van der Waals surface area contributed by atoms with Crippen LogP contribution in [-0.4, -0.2) is 41.2 Å². The minimum Gasteiger partial charge on any atom is -0.481 e. The van der Waals surface area contributed by atoms with Gasteiger partial charge < -0.3 is 15.5 Å². The maximum Gasteiger partial charge on any atom is 0.305 e. The molecule has 0 bridgehead atoms. The van der Waals surface area contributed by atoms with Crippen LogP contribution in [0.3, 0.4) is 0 Å². The number of hydrogen-bond acceptors (Lipinski definition) is 4. The van der Waals surface area contributed by atoms with E-state index in [2.05, 4.69) is 12.2 Å². The van der Waals surface area contributed by atoms with Gasteiger partial charge in [0.2, 0.25) is 0 Å². The summed E-state index contributed by atoms with van der Waals surface area (Å²) in [6.07, 6.45) is 1.69. The van der Waals surface area contributed by atoms with Crippen LogP contribution < -0.4 is 5.32 Å². The number of aliphatic hydroxyl groups is 1. The number of hydrogen-bond donors (Lipinski definition) is 3. The van der Waals surface area contributed by atoms with E-state index in [-0.39, 0.29) is 25.4 Å². The van der Waals surface area contributed by atoms with Crippen molar-refractivity contribution < 1.29 is 19.8 Å². The molecule has 0 radical (unpaired) electrons. The molecule has 110 valence electrons. The summed E-state index contributed by atoms with van der Waals surface area (Å²) in [4.78, 5) is 23.0. The highest BCUT2D eigenvalue weighted by molar-refractivity contribution is 6.01. The highest BCUT2D eigenvalue weighted by atomic mass is 16.4. The topological polar surface area (TPSA) is 86.6 Å². The maximum absolute atomic E-state index is 12.2. The smallest absolute Gasteiger partial charge is 0.305 e. The number of carbonyl (C=O) groups is 2. The van der Waals surface area contributed by atoms with Gasteiger partial charge in [-0.3, -0.25) is 9.59 Å². The fourth-order valence-electron chi connectivity index (χ4n) is 2.00. The van der Waals surface area contributed by atoms with Crippen molar-refractivity contribution in [2.24, 2.45) is 0 Å². The number of aliphatic hydroxyl groups excluding tert-OH is 1. The highest BCUT2D eigenvalue weighted by Crippen LogP contribution is 2.10. The Bertz CT molecular complexity index is 442. The molecule has 0 aromatic heterocycles. The zero-order chi connectivity index (χ0) is 15.0. The van der Waals surface area contributed by atoms with Crippen LogP contribution in [0.5, 0.6) is 0 Å². The summed E-state index contributed by atoms with van der Waals surface area (Å²) in [6.45, 7) is 2.14. The van der Waals surface area contributed by atoms with Gasteiger partial charge in [-0.1, -0.05) is 37.6 Å². The second kappa shape index (κ2) is 8.45.